The van der Waals surface area contributed by atoms with Crippen LogP contribution >= 0.6 is 0 Å². The number of ether oxygens (including phenoxy) is 1. The zero-order chi connectivity index (χ0) is 14.0. The SMILES string of the molecule is O=C(NCCC1=CCCCC1)NCCN1CCOCC1. The highest BCUT2D eigenvalue weighted by Gasteiger charge is 2.10. The number of carbonyl (C=O) groups is 1. The lowest BCUT2D eigenvalue weighted by atomic mass is 9.97. The third-order valence-corrected chi connectivity index (χ3v) is 3.93. The summed E-state index contributed by atoms with van der Waals surface area (Å²) >= 11 is 0. The molecule has 1 aliphatic heterocycles. The standard InChI is InChI=1S/C15H27N3O2/c19-15(16-7-6-14-4-2-1-3-5-14)17-8-9-18-10-12-20-13-11-18/h4H,1-3,5-13H2,(H2,16,17,19). The molecule has 0 spiro atoms. The zero-order valence-corrected chi connectivity index (χ0v) is 12.3. The van der Waals surface area contributed by atoms with Crippen molar-refractivity contribution in [1.82, 2.24) is 15.5 Å². The molecule has 2 aliphatic rings. The largest absolute Gasteiger partial charge is 0.379 e. The highest BCUT2D eigenvalue weighted by molar-refractivity contribution is 5.73. The van der Waals surface area contributed by atoms with E-state index < -0.39 is 0 Å². The lowest BCUT2D eigenvalue weighted by molar-refractivity contribution is 0.0387. The summed E-state index contributed by atoms with van der Waals surface area (Å²) in [4.78, 5) is 14.0. The molecule has 5 heteroatoms. The number of allylic oxidation sites excluding steroid dienone is 1. The number of amides is 2. The second-order valence-corrected chi connectivity index (χ2v) is 5.49. The van der Waals surface area contributed by atoms with Gasteiger partial charge in [0.2, 0.25) is 0 Å². The second kappa shape index (κ2) is 8.97. The molecule has 2 rings (SSSR count). The molecule has 0 aromatic carbocycles. The lowest BCUT2D eigenvalue weighted by Crippen LogP contribution is -2.43. The Hall–Kier alpha value is -1.07. The molecule has 0 atom stereocenters. The topological polar surface area (TPSA) is 53.6 Å². The molecule has 1 aliphatic carbocycles. The Bertz CT molecular complexity index is 325. The number of carbonyl (C=O) groups excluding carboxylic acids is 1. The van der Waals surface area contributed by atoms with Crippen molar-refractivity contribution in [3.8, 4) is 0 Å². The Labute approximate surface area is 121 Å². The summed E-state index contributed by atoms with van der Waals surface area (Å²) in [6.07, 6.45) is 8.37. The molecule has 114 valence electrons. The molecule has 2 amide bonds. The predicted octanol–water partition coefficient (Wildman–Crippen LogP) is 1.51. The fourth-order valence-electron chi connectivity index (χ4n) is 2.68. The van der Waals surface area contributed by atoms with Gasteiger partial charge in [-0.15, -0.1) is 0 Å². The summed E-state index contributed by atoms with van der Waals surface area (Å²) in [5.41, 5.74) is 1.50. The maximum Gasteiger partial charge on any atom is 0.314 e. The Kier molecular flexibility index (Phi) is 6.88. The zero-order valence-electron chi connectivity index (χ0n) is 12.3. The van der Waals surface area contributed by atoms with Gasteiger partial charge < -0.3 is 15.4 Å². The molecule has 0 aromatic rings. The van der Waals surface area contributed by atoms with E-state index in [9.17, 15) is 4.79 Å². The number of nitrogens with one attached hydrogen (secondary N) is 2. The van der Waals surface area contributed by atoms with E-state index in [1.54, 1.807) is 0 Å². The van der Waals surface area contributed by atoms with E-state index in [4.69, 9.17) is 4.74 Å². The minimum Gasteiger partial charge on any atom is -0.379 e. The van der Waals surface area contributed by atoms with Crippen LogP contribution < -0.4 is 10.6 Å². The normalized spacial score (nSPS) is 20.3. The minimum atomic E-state index is -0.0466. The quantitative estimate of drug-likeness (QED) is 0.726. The Morgan fingerprint density at radius 2 is 2.00 bits per heavy atom. The fraction of sp³-hybridized carbons (Fsp3) is 0.800. The number of nitrogens with zero attached hydrogens (tertiary/aromatic N) is 1. The van der Waals surface area contributed by atoms with Crippen LogP contribution in [0.25, 0.3) is 0 Å². The van der Waals surface area contributed by atoms with Crippen molar-refractivity contribution in [2.45, 2.75) is 32.1 Å². The summed E-state index contributed by atoms with van der Waals surface area (Å²) in [6.45, 7) is 5.91. The van der Waals surface area contributed by atoms with Gasteiger partial charge in [0.25, 0.3) is 0 Å². The highest BCUT2D eigenvalue weighted by atomic mass is 16.5. The predicted molar refractivity (Wildman–Crippen MR) is 79.8 cm³/mol. The Morgan fingerprint density at radius 1 is 1.20 bits per heavy atom. The number of rotatable bonds is 6. The van der Waals surface area contributed by atoms with Crippen molar-refractivity contribution < 1.29 is 9.53 Å². The van der Waals surface area contributed by atoms with Crippen molar-refractivity contribution in [3.63, 3.8) is 0 Å². The molecule has 0 saturated carbocycles. The molecule has 5 nitrogen and oxygen atoms in total. The van der Waals surface area contributed by atoms with Crippen LogP contribution in [0.1, 0.15) is 32.1 Å². The van der Waals surface area contributed by atoms with Gasteiger partial charge in [-0.2, -0.15) is 0 Å². The van der Waals surface area contributed by atoms with E-state index in [0.717, 1.165) is 45.8 Å². The van der Waals surface area contributed by atoms with Gasteiger partial charge in [-0.3, -0.25) is 4.90 Å². The van der Waals surface area contributed by atoms with Gasteiger partial charge >= 0.3 is 6.03 Å². The Morgan fingerprint density at radius 3 is 2.75 bits per heavy atom. The maximum atomic E-state index is 11.6. The van der Waals surface area contributed by atoms with Gasteiger partial charge in [0.15, 0.2) is 0 Å². The van der Waals surface area contributed by atoms with E-state index in [1.165, 1.54) is 31.3 Å². The van der Waals surface area contributed by atoms with Gasteiger partial charge in [-0.1, -0.05) is 11.6 Å². The van der Waals surface area contributed by atoms with Crippen molar-refractivity contribution in [2.75, 3.05) is 45.9 Å². The van der Waals surface area contributed by atoms with E-state index >= 15 is 0 Å². The average molecular weight is 281 g/mol. The first-order chi connectivity index (χ1) is 9.84. The number of morpholine rings is 1. The van der Waals surface area contributed by atoms with Crippen molar-refractivity contribution >= 4 is 6.03 Å². The van der Waals surface area contributed by atoms with Crippen LogP contribution in [0, 0.1) is 0 Å². The number of urea groups is 1. The third-order valence-electron chi connectivity index (χ3n) is 3.93. The first-order valence-electron chi connectivity index (χ1n) is 7.84. The second-order valence-electron chi connectivity index (χ2n) is 5.49. The first kappa shape index (κ1) is 15.3. The summed E-state index contributed by atoms with van der Waals surface area (Å²) in [7, 11) is 0. The average Bonchev–Trinajstić information content (AvgIpc) is 2.49. The van der Waals surface area contributed by atoms with Crippen LogP contribution in [0.15, 0.2) is 11.6 Å². The van der Waals surface area contributed by atoms with Gasteiger partial charge in [0, 0.05) is 32.7 Å². The van der Waals surface area contributed by atoms with Crippen LogP contribution in [0.3, 0.4) is 0 Å². The van der Waals surface area contributed by atoms with Crippen LogP contribution in [-0.2, 0) is 4.74 Å². The van der Waals surface area contributed by atoms with Crippen molar-refractivity contribution in [2.24, 2.45) is 0 Å². The fourth-order valence-corrected chi connectivity index (χ4v) is 2.68. The van der Waals surface area contributed by atoms with Crippen LogP contribution in [0.5, 0.6) is 0 Å². The summed E-state index contributed by atoms with van der Waals surface area (Å²) < 4.78 is 5.29. The monoisotopic (exact) mass is 281 g/mol. The van der Waals surface area contributed by atoms with Gasteiger partial charge in [0.1, 0.15) is 0 Å². The smallest absolute Gasteiger partial charge is 0.314 e. The van der Waals surface area contributed by atoms with Crippen molar-refractivity contribution in [1.29, 1.82) is 0 Å². The molecule has 1 fully saturated rings. The molecule has 1 heterocycles. The van der Waals surface area contributed by atoms with E-state index in [0.29, 0.717) is 6.54 Å². The van der Waals surface area contributed by atoms with Gasteiger partial charge in [-0.05, 0) is 32.1 Å². The van der Waals surface area contributed by atoms with Crippen LogP contribution in [0.4, 0.5) is 4.79 Å². The molecule has 20 heavy (non-hydrogen) atoms. The molecular formula is C15H27N3O2. The highest BCUT2D eigenvalue weighted by Crippen LogP contribution is 2.19. The molecule has 0 unspecified atom stereocenters. The van der Waals surface area contributed by atoms with Gasteiger partial charge in [-0.25, -0.2) is 4.79 Å². The number of hydrogen-bond donors (Lipinski definition) is 2. The first-order valence-corrected chi connectivity index (χ1v) is 7.84. The third kappa shape index (κ3) is 5.92. The summed E-state index contributed by atoms with van der Waals surface area (Å²) in [6, 6.07) is -0.0466. The van der Waals surface area contributed by atoms with E-state index in [-0.39, 0.29) is 6.03 Å². The van der Waals surface area contributed by atoms with E-state index in [2.05, 4.69) is 21.6 Å². The maximum absolute atomic E-state index is 11.6. The molecule has 1 saturated heterocycles. The molecule has 0 aromatic heterocycles. The van der Waals surface area contributed by atoms with Crippen LogP contribution in [-0.4, -0.2) is 56.9 Å². The summed E-state index contributed by atoms with van der Waals surface area (Å²) in [5, 5.41) is 5.85. The molecule has 0 radical (unpaired) electrons. The lowest BCUT2D eigenvalue weighted by Gasteiger charge is -2.26. The van der Waals surface area contributed by atoms with E-state index in [1.807, 2.05) is 0 Å². The Balaban J connectivity index is 1.48. The molecular weight excluding hydrogens is 254 g/mol. The minimum absolute atomic E-state index is 0.0466. The number of hydrogen-bond acceptors (Lipinski definition) is 3. The van der Waals surface area contributed by atoms with Crippen LogP contribution in [0.2, 0.25) is 0 Å². The summed E-state index contributed by atoms with van der Waals surface area (Å²) in [5.74, 6) is 0. The molecule has 0 bridgehead atoms. The van der Waals surface area contributed by atoms with Gasteiger partial charge in [0.05, 0.1) is 13.2 Å². The molecule has 2 N–H and O–H groups in total. The van der Waals surface area contributed by atoms with Crippen molar-refractivity contribution in [3.05, 3.63) is 11.6 Å².